The number of H-pyrrole nitrogens is 1. The first-order valence-electron chi connectivity index (χ1n) is 10.3. The molecule has 0 radical (unpaired) electrons. The summed E-state index contributed by atoms with van der Waals surface area (Å²) >= 11 is 0. The lowest BCUT2D eigenvalue weighted by Crippen LogP contribution is -2.31. The maximum atomic E-state index is 13.2. The number of rotatable bonds is 3. The summed E-state index contributed by atoms with van der Waals surface area (Å²) in [4.78, 5) is 20.8. The van der Waals surface area contributed by atoms with Crippen molar-refractivity contribution in [3.8, 4) is 28.1 Å². The number of pyridine rings is 1. The fraction of sp³-hybridized carbons (Fsp3) is 0.217. The summed E-state index contributed by atoms with van der Waals surface area (Å²) in [5, 5.41) is 8.45. The maximum absolute atomic E-state index is 13.2. The first-order valence-corrected chi connectivity index (χ1v) is 10.3. The Morgan fingerprint density at radius 1 is 1.16 bits per heavy atom. The molecule has 0 saturated carbocycles. The third-order valence-corrected chi connectivity index (χ3v) is 6.07. The standard InChI is InChI=1S/C23H20N6O3/c1-12-19(13(2)32-27-12)15-10-14(17-7-9-25-28(17)3)20-21-22(15)31-11-18(29(21)23(30)26-20)16-6-4-5-8-24-16/h4-10,18H,11H2,1-3H3,(H,26,30)/t18-/m1/s1. The lowest BCUT2D eigenvalue weighted by molar-refractivity contribution is 0.255. The van der Waals surface area contributed by atoms with Gasteiger partial charge in [-0.25, -0.2) is 4.79 Å². The van der Waals surface area contributed by atoms with Crippen molar-refractivity contribution in [2.24, 2.45) is 7.05 Å². The van der Waals surface area contributed by atoms with Crippen molar-refractivity contribution in [3.05, 3.63) is 70.4 Å². The Kier molecular flexibility index (Phi) is 3.89. The van der Waals surface area contributed by atoms with Crippen LogP contribution in [0.15, 0.2) is 52.0 Å². The molecule has 1 N–H and O–H groups in total. The van der Waals surface area contributed by atoms with Crippen LogP contribution >= 0.6 is 0 Å². The van der Waals surface area contributed by atoms with E-state index in [2.05, 4.69) is 20.2 Å². The number of hydrogen-bond acceptors (Lipinski definition) is 6. The van der Waals surface area contributed by atoms with Crippen molar-refractivity contribution in [1.29, 1.82) is 0 Å². The van der Waals surface area contributed by atoms with Crippen LogP contribution in [0.1, 0.15) is 23.2 Å². The van der Waals surface area contributed by atoms with Crippen LogP contribution < -0.4 is 10.4 Å². The Morgan fingerprint density at radius 3 is 2.72 bits per heavy atom. The number of aromatic amines is 1. The first-order chi connectivity index (χ1) is 15.5. The quantitative estimate of drug-likeness (QED) is 0.472. The Morgan fingerprint density at radius 2 is 2.03 bits per heavy atom. The molecule has 5 heterocycles. The van der Waals surface area contributed by atoms with E-state index in [-0.39, 0.29) is 18.3 Å². The molecule has 0 aliphatic carbocycles. The number of nitrogens with one attached hydrogen (secondary N) is 1. The fourth-order valence-electron chi connectivity index (χ4n) is 4.64. The molecule has 1 aromatic carbocycles. The van der Waals surface area contributed by atoms with Crippen molar-refractivity contribution in [3.63, 3.8) is 0 Å². The van der Waals surface area contributed by atoms with E-state index in [0.717, 1.165) is 33.8 Å². The lowest BCUT2D eigenvalue weighted by atomic mass is 9.96. The predicted octanol–water partition coefficient (Wildman–Crippen LogP) is 3.38. The molecule has 5 aromatic rings. The number of nitrogens with zero attached hydrogens (tertiary/aromatic N) is 5. The molecule has 1 aliphatic rings. The van der Waals surface area contributed by atoms with Gasteiger partial charge in [-0.2, -0.15) is 5.10 Å². The van der Waals surface area contributed by atoms with Crippen molar-refractivity contribution in [1.82, 2.24) is 29.5 Å². The van der Waals surface area contributed by atoms with Crippen LogP contribution in [0.5, 0.6) is 5.75 Å². The highest BCUT2D eigenvalue weighted by Gasteiger charge is 2.33. The molecular weight excluding hydrogens is 408 g/mol. The summed E-state index contributed by atoms with van der Waals surface area (Å²) in [6.45, 7) is 4.06. The molecule has 0 spiro atoms. The molecule has 9 nitrogen and oxygen atoms in total. The number of benzene rings is 1. The third-order valence-electron chi connectivity index (χ3n) is 6.07. The van der Waals surface area contributed by atoms with Crippen molar-refractivity contribution < 1.29 is 9.26 Å². The van der Waals surface area contributed by atoms with Crippen LogP contribution in [-0.2, 0) is 7.05 Å². The van der Waals surface area contributed by atoms with Gasteiger partial charge in [0.25, 0.3) is 0 Å². The molecule has 9 heteroatoms. The van der Waals surface area contributed by atoms with Crippen LogP contribution in [0.25, 0.3) is 33.4 Å². The molecule has 4 aromatic heterocycles. The molecule has 6 rings (SSSR count). The van der Waals surface area contributed by atoms with Crippen molar-refractivity contribution >= 4 is 11.0 Å². The minimum Gasteiger partial charge on any atom is -0.488 e. The van der Waals surface area contributed by atoms with Gasteiger partial charge in [0.2, 0.25) is 0 Å². The zero-order chi connectivity index (χ0) is 22.0. The molecular formula is C23H20N6O3. The van der Waals surface area contributed by atoms with Gasteiger partial charge >= 0.3 is 5.69 Å². The van der Waals surface area contributed by atoms with Gasteiger partial charge in [-0.15, -0.1) is 0 Å². The van der Waals surface area contributed by atoms with Crippen LogP contribution in [0, 0.1) is 13.8 Å². The van der Waals surface area contributed by atoms with Crippen LogP contribution in [0.3, 0.4) is 0 Å². The lowest BCUT2D eigenvalue weighted by Gasteiger charge is -2.27. The molecule has 0 fully saturated rings. The van der Waals surface area contributed by atoms with Gasteiger partial charge < -0.3 is 14.2 Å². The van der Waals surface area contributed by atoms with Crippen molar-refractivity contribution in [2.45, 2.75) is 19.9 Å². The zero-order valence-corrected chi connectivity index (χ0v) is 17.8. The van der Waals surface area contributed by atoms with Gasteiger partial charge in [-0.05, 0) is 38.1 Å². The maximum Gasteiger partial charge on any atom is 0.327 e. The van der Waals surface area contributed by atoms with Gasteiger partial charge in [0.15, 0.2) is 5.75 Å². The molecule has 0 unspecified atom stereocenters. The van der Waals surface area contributed by atoms with E-state index < -0.39 is 0 Å². The van der Waals surface area contributed by atoms with E-state index in [1.54, 1.807) is 21.6 Å². The molecule has 0 bridgehead atoms. The van der Waals surface area contributed by atoms with Gasteiger partial charge in [-0.1, -0.05) is 11.2 Å². The average molecular weight is 428 g/mol. The Hall–Kier alpha value is -4.14. The Balaban J connectivity index is 1.74. The molecule has 1 aliphatic heterocycles. The topological polar surface area (TPSA) is 104 Å². The van der Waals surface area contributed by atoms with E-state index in [4.69, 9.17) is 9.26 Å². The second-order valence-corrected chi connectivity index (χ2v) is 7.95. The van der Waals surface area contributed by atoms with E-state index in [1.807, 2.05) is 51.2 Å². The summed E-state index contributed by atoms with van der Waals surface area (Å²) in [6.07, 6.45) is 3.46. The van der Waals surface area contributed by atoms with E-state index in [0.29, 0.717) is 22.5 Å². The van der Waals surface area contributed by atoms with E-state index in [9.17, 15) is 4.79 Å². The molecule has 0 saturated heterocycles. The molecule has 32 heavy (non-hydrogen) atoms. The Bertz CT molecular complexity index is 1520. The average Bonchev–Trinajstić information content (AvgIpc) is 3.48. The number of ether oxygens (including phenoxy) is 1. The van der Waals surface area contributed by atoms with Crippen LogP contribution in [0.2, 0.25) is 0 Å². The van der Waals surface area contributed by atoms with Crippen LogP contribution in [0.4, 0.5) is 0 Å². The van der Waals surface area contributed by atoms with Gasteiger partial charge in [0, 0.05) is 30.6 Å². The van der Waals surface area contributed by atoms with Crippen molar-refractivity contribution in [2.75, 3.05) is 6.61 Å². The normalized spacial score (nSPS) is 15.3. The minimum atomic E-state index is -0.343. The van der Waals surface area contributed by atoms with E-state index in [1.165, 1.54) is 0 Å². The minimum absolute atomic E-state index is 0.209. The summed E-state index contributed by atoms with van der Waals surface area (Å²) in [7, 11) is 1.87. The molecule has 160 valence electrons. The second kappa shape index (κ2) is 6.68. The first kappa shape index (κ1) is 18.6. The number of imidazole rings is 1. The predicted molar refractivity (Wildman–Crippen MR) is 118 cm³/mol. The highest BCUT2D eigenvalue weighted by molar-refractivity contribution is 6.01. The summed E-state index contributed by atoms with van der Waals surface area (Å²) < 4.78 is 15.3. The summed E-state index contributed by atoms with van der Waals surface area (Å²) in [6, 6.07) is 9.27. The second-order valence-electron chi connectivity index (χ2n) is 7.95. The van der Waals surface area contributed by atoms with Crippen LogP contribution in [-0.4, -0.2) is 36.1 Å². The van der Waals surface area contributed by atoms with Gasteiger partial charge in [0.1, 0.15) is 23.9 Å². The largest absolute Gasteiger partial charge is 0.488 e. The van der Waals surface area contributed by atoms with E-state index >= 15 is 0 Å². The summed E-state index contributed by atoms with van der Waals surface area (Å²) in [5.41, 5.74) is 6.13. The number of hydrogen-bond donors (Lipinski definition) is 1. The number of aromatic nitrogens is 6. The monoisotopic (exact) mass is 428 g/mol. The number of aryl methyl sites for hydroxylation is 3. The summed E-state index contributed by atoms with van der Waals surface area (Å²) in [5.74, 6) is 1.32. The fourth-order valence-corrected chi connectivity index (χ4v) is 4.64. The van der Waals surface area contributed by atoms with Gasteiger partial charge in [0.05, 0.1) is 28.2 Å². The highest BCUT2D eigenvalue weighted by Crippen LogP contribution is 2.46. The smallest absolute Gasteiger partial charge is 0.327 e. The SMILES string of the molecule is Cc1noc(C)c1-c1cc(-c2ccnn2C)c2[nH]c(=O)n3c2c1OC[C@@H]3c1ccccn1. The third kappa shape index (κ3) is 2.51. The van der Waals surface area contributed by atoms with Gasteiger partial charge in [-0.3, -0.25) is 14.2 Å². The Labute approximate surface area is 182 Å². The molecule has 0 amide bonds. The highest BCUT2D eigenvalue weighted by atomic mass is 16.5. The zero-order valence-electron chi connectivity index (χ0n) is 17.8. The molecule has 1 atom stereocenters.